The number of nitrogens with one attached hydrogen (secondary N) is 1. The zero-order valence-corrected chi connectivity index (χ0v) is 13.3. The Morgan fingerprint density at radius 2 is 2.12 bits per heavy atom. The van der Waals surface area contributed by atoms with Gasteiger partial charge < -0.3 is 14.6 Å². The molecule has 1 N–H and O–H groups in total. The number of carbonyl (C=O) groups excluding carboxylic acids is 1. The number of hydrogen-bond donors (Lipinski definition) is 1. The number of anilines is 1. The second kappa shape index (κ2) is 7.53. The van der Waals surface area contributed by atoms with Crippen LogP contribution in [0.5, 0.6) is 0 Å². The van der Waals surface area contributed by atoms with Gasteiger partial charge in [-0.25, -0.2) is 4.39 Å². The minimum atomic E-state index is -0.516. The van der Waals surface area contributed by atoms with Gasteiger partial charge in [-0.1, -0.05) is 0 Å². The van der Waals surface area contributed by atoms with Crippen molar-refractivity contribution >= 4 is 11.6 Å². The van der Waals surface area contributed by atoms with Gasteiger partial charge in [-0.2, -0.15) is 5.26 Å². The first-order chi connectivity index (χ1) is 11.5. The number of halogens is 1. The highest BCUT2D eigenvalue weighted by Gasteiger charge is 2.14. The number of nitriles is 1. The maximum Gasteiger partial charge on any atom is 0.257 e. The molecular weight excluding hydrogens is 313 g/mol. The molecule has 2 rings (SSSR count). The molecule has 1 amide bonds. The monoisotopic (exact) mass is 329 g/mol. The standard InChI is InChI=1S/C17H16FN3O3/c1-11-13(9-19)15(5-4-14(11)18)20-17(23)12-3-6-16(22)21(10-12)7-8-24-2/h3-6,10H,7-8H2,1-2H3,(H,20,23). The fraction of sp³-hybridized carbons (Fsp3) is 0.235. The Morgan fingerprint density at radius 1 is 1.38 bits per heavy atom. The molecule has 24 heavy (non-hydrogen) atoms. The van der Waals surface area contributed by atoms with E-state index in [0.29, 0.717) is 13.2 Å². The van der Waals surface area contributed by atoms with Crippen LogP contribution in [0.4, 0.5) is 10.1 Å². The van der Waals surface area contributed by atoms with Gasteiger partial charge in [0.2, 0.25) is 0 Å². The van der Waals surface area contributed by atoms with Crippen LogP contribution in [0, 0.1) is 24.1 Å². The van der Waals surface area contributed by atoms with E-state index >= 15 is 0 Å². The molecule has 0 saturated carbocycles. The van der Waals surface area contributed by atoms with Crippen molar-refractivity contribution < 1.29 is 13.9 Å². The number of nitrogens with zero attached hydrogens (tertiary/aromatic N) is 2. The summed E-state index contributed by atoms with van der Waals surface area (Å²) in [5.74, 6) is -1.01. The van der Waals surface area contributed by atoms with E-state index in [1.54, 1.807) is 0 Å². The Labute approximate surface area is 138 Å². The minimum absolute atomic E-state index is 0.0658. The Balaban J connectivity index is 2.30. The highest BCUT2D eigenvalue weighted by molar-refractivity contribution is 6.04. The van der Waals surface area contributed by atoms with Gasteiger partial charge in [-0.3, -0.25) is 9.59 Å². The lowest BCUT2D eigenvalue weighted by Gasteiger charge is -2.11. The third kappa shape index (κ3) is 3.67. The van der Waals surface area contributed by atoms with Crippen molar-refractivity contribution in [1.82, 2.24) is 4.57 Å². The maximum atomic E-state index is 13.5. The average Bonchev–Trinajstić information content (AvgIpc) is 2.57. The topological polar surface area (TPSA) is 84.1 Å². The second-order valence-corrected chi connectivity index (χ2v) is 5.10. The van der Waals surface area contributed by atoms with Gasteiger partial charge in [0.15, 0.2) is 0 Å². The molecule has 0 unspecified atom stereocenters. The number of benzene rings is 1. The Bertz CT molecular complexity index is 868. The normalized spacial score (nSPS) is 10.2. The minimum Gasteiger partial charge on any atom is -0.383 e. The smallest absolute Gasteiger partial charge is 0.257 e. The molecule has 0 saturated heterocycles. The van der Waals surface area contributed by atoms with Gasteiger partial charge in [0.05, 0.1) is 23.4 Å². The average molecular weight is 329 g/mol. The lowest BCUT2D eigenvalue weighted by Crippen LogP contribution is -2.23. The lowest BCUT2D eigenvalue weighted by molar-refractivity contribution is 0.102. The Morgan fingerprint density at radius 3 is 2.79 bits per heavy atom. The molecule has 0 fully saturated rings. The van der Waals surface area contributed by atoms with Crippen LogP contribution in [0.3, 0.4) is 0 Å². The molecule has 0 aliphatic heterocycles. The molecule has 0 aliphatic rings. The lowest BCUT2D eigenvalue weighted by atomic mass is 10.1. The molecule has 0 bridgehead atoms. The maximum absolute atomic E-state index is 13.5. The molecule has 7 heteroatoms. The van der Waals surface area contributed by atoms with Crippen molar-refractivity contribution in [1.29, 1.82) is 5.26 Å². The summed E-state index contributed by atoms with van der Waals surface area (Å²) in [5, 5.41) is 11.7. The van der Waals surface area contributed by atoms with Crippen molar-refractivity contribution in [3.8, 4) is 6.07 Å². The predicted octanol–water partition coefficient (Wildman–Crippen LogP) is 2.07. The highest BCUT2D eigenvalue weighted by atomic mass is 19.1. The van der Waals surface area contributed by atoms with E-state index in [2.05, 4.69) is 5.32 Å². The van der Waals surface area contributed by atoms with E-state index in [-0.39, 0.29) is 27.9 Å². The van der Waals surface area contributed by atoms with Gasteiger partial charge >= 0.3 is 0 Å². The molecule has 1 aromatic heterocycles. The van der Waals surface area contributed by atoms with Crippen LogP contribution in [0.1, 0.15) is 21.5 Å². The molecule has 6 nitrogen and oxygen atoms in total. The summed E-state index contributed by atoms with van der Waals surface area (Å²) < 4.78 is 19.8. The summed E-state index contributed by atoms with van der Waals surface area (Å²) >= 11 is 0. The van der Waals surface area contributed by atoms with Crippen LogP contribution < -0.4 is 10.9 Å². The summed E-state index contributed by atoms with van der Waals surface area (Å²) in [7, 11) is 1.52. The Hall–Kier alpha value is -2.98. The van der Waals surface area contributed by atoms with Crippen molar-refractivity contribution in [2.24, 2.45) is 0 Å². The number of pyridine rings is 1. The van der Waals surface area contributed by atoms with Crippen molar-refractivity contribution in [2.45, 2.75) is 13.5 Å². The van der Waals surface area contributed by atoms with E-state index in [9.17, 15) is 14.0 Å². The molecule has 1 aromatic carbocycles. The third-order valence-corrected chi connectivity index (χ3v) is 3.54. The fourth-order valence-electron chi connectivity index (χ4n) is 2.16. The predicted molar refractivity (Wildman–Crippen MR) is 86.4 cm³/mol. The summed E-state index contributed by atoms with van der Waals surface area (Å²) in [5.41, 5.74) is 0.447. The number of hydrogen-bond acceptors (Lipinski definition) is 4. The van der Waals surface area contributed by atoms with Crippen molar-refractivity contribution in [2.75, 3.05) is 19.0 Å². The molecule has 0 aliphatic carbocycles. The van der Waals surface area contributed by atoms with Gasteiger partial charge in [0, 0.05) is 31.5 Å². The van der Waals surface area contributed by atoms with E-state index in [1.807, 2.05) is 6.07 Å². The van der Waals surface area contributed by atoms with E-state index in [4.69, 9.17) is 10.00 Å². The van der Waals surface area contributed by atoms with Gasteiger partial charge in [0.1, 0.15) is 11.9 Å². The number of methoxy groups -OCH3 is 1. The SMILES string of the molecule is COCCn1cc(C(=O)Nc2ccc(F)c(C)c2C#N)ccc1=O. The first kappa shape index (κ1) is 17.4. The van der Waals surface area contributed by atoms with E-state index in [0.717, 1.165) is 0 Å². The van der Waals surface area contributed by atoms with E-state index < -0.39 is 11.7 Å². The second-order valence-electron chi connectivity index (χ2n) is 5.10. The summed E-state index contributed by atoms with van der Waals surface area (Å²) in [6, 6.07) is 7.08. The zero-order valence-electron chi connectivity index (χ0n) is 13.3. The molecule has 124 valence electrons. The first-order valence-electron chi connectivity index (χ1n) is 7.18. The van der Waals surface area contributed by atoms with Crippen LogP contribution >= 0.6 is 0 Å². The van der Waals surface area contributed by atoms with Gasteiger partial charge in [-0.05, 0) is 25.1 Å². The van der Waals surface area contributed by atoms with Crippen LogP contribution in [0.2, 0.25) is 0 Å². The number of carbonyl (C=O) groups is 1. The quantitative estimate of drug-likeness (QED) is 0.910. The van der Waals surface area contributed by atoms with Crippen LogP contribution in [0.25, 0.3) is 0 Å². The largest absolute Gasteiger partial charge is 0.383 e. The number of amides is 1. The van der Waals surface area contributed by atoms with E-state index in [1.165, 1.54) is 49.1 Å². The Kier molecular flexibility index (Phi) is 5.45. The van der Waals surface area contributed by atoms with Crippen molar-refractivity contribution in [3.63, 3.8) is 0 Å². The van der Waals surface area contributed by atoms with Crippen LogP contribution in [-0.2, 0) is 11.3 Å². The third-order valence-electron chi connectivity index (χ3n) is 3.54. The van der Waals surface area contributed by atoms with Gasteiger partial charge in [0.25, 0.3) is 11.5 Å². The molecule has 0 spiro atoms. The van der Waals surface area contributed by atoms with Crippen LogP contribution in [-0.4, -0.2) is 24.2 Å². The van der Waals surface area contributed by atoms with Crippen molar-refractivity contribution in [3.05, 3.63) is 63.3 Å². The molecule has 1 heterocycles. The first-order valence-corrected chi connectivity index (χ1v) is 7.18. The number of aromatic nitrogens is 1. The molecule has 0 atom stereocenters. The molecular formula is C17H16FN3O3. The number of rotatable bonds is 5. The number of ether oxygens (including phenoxy) is 1. The van der Waals surface area contributed by atoms with Crippen LogP contribution in [0.15, 0.2) is 35.3 Å². The fourth-order valence-corrected chi connectivity index (χ4v) is 2.16. The highest BCUT2D eigenvalue weighted by Crippen LogP contribution is 2.21. The van der Waals surface area contributed by atoms with Gasteiger partial charge in [-0.15, -0.1) is 0 Å². The zero-order chi connectivity index (χ0) is 17.7. The molecule has 2 aromatic rings. The summed E-state index contributed by atoms with van der Waals surface area (Å²) in [4.78, 5) is 24.1. The summed E-state index contributed by atoms with van der Waals surface area (Å²) in [6.07, 6.45) is 1.42. The summed E-state index contributed by atoms with van der Waals surface area (Å²) in [6.45, 7) is 2.12. The molecule has 0 radical (unpaired) electrons.